The number of fused-ring (bicyclic) bond motifs is 4. The van der Waals surface area contributed by atoms with Gasteiger partial charge < -0.3 is 0 Å². The SMILES string of the molecule is CC(C)N1CC2CCC1CCN2C(C)(C)C. The Kier molecular flexibility index (Phi) is 3.33. The van der Waals surface area contributed by atoms with Gasteiger partial charge in [0.1, 0.15) is 0 Å². The summed E-state index contributed by atoms with van der Waals surface area (Å²) < 4.78 is 0. The molecule has 94 valence electrons. The van der Waals surface area contributed by atoms with Gasteiger partial charge in [-0.15, -0.1) is 0 Å². The van der Waals surface area contributed by atoms with Crippen molar-refractivity contribution in [2.75, 3.05) is 13.1 Å². The molecule has 16 heavy (non-hydrogen) atoms. The molecule has 2 unspecified atom stereocenters. The summed E-state index contributed by atoms with van der Waals surface area (Å²) in [7, 11) is 0. The van der Waals surface area contributed by atoms with Crippen molar-refractivity contribution in [3.63, 3.8) is 0 Å². The minimum Gasteiger partial charge on any atom is -0.296 e. The van der Waals surface area contributed by atoms with Gasteiger partial charge in [-0.1, -0.05) is 0 Å². The fourth-order valence-corrected chi connectivity index (χ4v) is 3.59. The molecule has 3 saturated heterocycles. The second-order valence-electron chi connectivity index (χ2n) is 6.83. The summed E-state index contributed by atoms with van der Waals surface area (Å²) in [4.78, 5) is 5.48. The summed E-state index contributed by atoms with van der Waals surface area (Å²) in [5.41, 5.74) is 0.340. The van der Waals surface area contributed by atoms with E-state index in [-0.39, 0.29) is 0 Å². The van der Waals surface area contributed by atoms with Gasteiger partial charge in [0.15, 0.2) is 0 Å². The summed E-state index contributed by atoms with van der Waals surface area (Å²) in [6.45, 7) is 14.4. The minimum absolute atomic E-state index is 0.340. The summed E-state index contributed by atoms with van der Waals surface area (Å²) >= 11 is 0. The maximum absolute atomic E-state index is 2.75. The second-order valence-corrected chi connectivity index (χ2v) is 6.83. The van der Waals surface area contributed by atoms with Crippen LogP contribution >= 0.6 is 0 Å². The number of nitrogens with zero attached hydrogens (tertiary/aromatic N) is 2. The lowest BCUT2D eigenvalue weighted by Gasteiger charge is -2.44. The van der Waals surface area contributed by atoms with Gasteiger partial charge in [-0.05, 0) is 53.9 Å². The molecule has 2 heteroatoms. The van der Waals surface area contributed by atoms with Crippen LogP contribution in [0.15, 0.2) is 0 Å². The van der Waals surface area contributed by atoms with Gasteiger partial charge in [-0.3, -0.25) is 9.80 Å². The van der Waals surface area contributed by atoms with Crippen molar-refractivity contribution in [1.29, 1.82) is 0 Å². The lowest BCUT2D eigenvalue weighted by atomic mass is 9.95. The van der Waals surface area contributed by atoms with Gasteiger partial charge in [-0.25, -0.2) is 0 Å². The predicted octanol–water partition coefficient (Wildman–Crippen LogP) is 2.73. The van der Waals surface area contributed by atoms with E-state index in [1.165, 1.54) is 32.4 Å². The van der Waals surface area contributed by atoms with Gasteiger partial charge in [-0.2, -0.15) is 0 Å². The highest BCUT2D eigenvalue weighted by atomic mass is 15.3. The van der Waals surface area contributed by atoms with E-state index in [0.717, 1.165) is 12.1 Å². The molecule has 3 aliphatic heterocycles. The van der Waals surface area contributed by atoms with E-state index in [2.05, 4.69) is 44.4 Å². The molecule has 0 amide bonds. The van der Waals surface area contributed by atoms with Crippen LogP contribution in [0.5, 0.6) is 0 Å². The van der Waals surface area contributed by atoms with Crippen LogP contribution in [0.1, 0.15) is 53.9 Å². The lowest BCUT2D eigenvalue weighted by molar-refractivity contribution is 0.0429. The fourth-order valence-electron chi connectivity index (χ4n) is 3.59. The highest BCUT2D eigenvalue weighted by Crippen LogP contribution is 2.33. The Bertz CT molecular complexity index is 242. The van der Waals surface area contributed by atoms with Gasteiger partial charge in [0.25, 0.3) is 0 Å². The van der Waals surface area contributed by atoms with Gasteiger partial charge in [0.2, 0.25) is 0 Å². The van der Waals surface area contributed by atoms with Crippen LogP contribution in [-0.2, 0) is 0 Å². The Labute approximate surface area is 101 Å². The smallest absolute Gasteiger partial charge is 0.0229 e. The van der Waals surface area contributed by atoms with E-state index < -0.39 is 0 Å². The summed E-state index contributed by atoms with van der Waals surface area (Å²) in [6, 6.07) is 2.36. The van der Waals surface area contributed by atoms with Crippen LogP contribution in [0.4, 0.5) is 0 Å². The molecule has 0 spiro atoms. The minimum atomic E-state index is 0.340. The Hall–Kier alpha value is -0.0800. The molecule has 0 aliphatic carbocycles. The molecule has 0 N–H and O–H groups in total. The monoisotopic (exact) mass is 224 g/mol. The van der Waals surface area contributed by atoms with Crippen LogP contribution in [0.2, 0.25) is 0 Å². The third kappa shape index (κ3) is 2.28. The zero-order chi connectivity index (χ0) is 11.9. The van der Waals surface area contributed by atoms with Crippen LogP contribution in [0.3, 0.4) is 0 Å². The van der Waals surface area contributed by atoms with E-state index in [1.54, 1.807) is 0 Å². The van der Waals surface area contributed by atoms with Gasteiger partial charge in [0.05, 0.1) is 0 Å². The van der Waals surface area contributed by atoms with Crippen LogP contribution < -0.4 is 0 Å². The van der Waals surface area contributed by atoms with Crippen molar-refractivity contribution in [2.45, 2.75) is 77.5 Å². The second kappa shape index (κ2) is 4.30. The van der Waals surface area contributed by atoms with E-state index in [4.69, 9.17) is 0 Å². The van der Waals surface area contributed by atoms with Crippen molar-refractivity contribution >= 4 is 0 Å². The van der Waals surface area contributed by atoms with E-state index in [9.17, 15) is 0 Å². The molecule has 2 nitrogen and oxygen atoms in total. The molecular weight excluding hydrogens is 196 g/mol. The number of rotatable bonds is 1. The molecule has 2 atom stereocenters. The average Bonchev–Trinajstić information content (AvgIpc) is 2.46. The maximum atomic E-state index is 2.75. The first-order chi connectivity index (χ1) is 7.39. The topological polar surface area (TPSA) is 6.48 Å². The molecule has 3 rings (SSSR count). The summed E-state index contributed by atoms with van der Waals surface area (Å²) in [5.74, 6) is 0. The Morgan fingerprint density at radius 2 is 1.62 bits per heavy atom. The molecule has 0 aromatic heterocycles. The average molecular weight is 224 g/mol. The number of hydrogen-bond acceptors (Lipinski definition) is 2. The predicted molar refractivity (Wildman–Crippen MR) is 69.7 cm³/mol. The third-order valence-electron chi connectivity index (χ3n) is 4.39. The molecule has 3 fully saturated rings. The normalized spacial score (nSPS) is 33.4. The van der Waals surface area contributed by atoms with Crippen molar-refractivity contribution in [2.24, 2.45) is 0 Å². The molecule has 0 radical (unpaired) electrons. The third-order valence-corrected chi connectivity index (χ3v) is 4.39. The number of piperidine rings is 1. The zero-order valence-corrected chi connectivity index (χ0v) is 11.7. The van der Waals surface area contributed by atoms with Crippen LogP contribution in [-0.4, -0.2) is 46.6 Å². The molecule has 0 aromatic carbocycles. The van der Waals surface area contributed by atoms with E-state index in [1.807, 2.05) is 0 Å². The highest BCUT2D eigenvalue weighted by molar-refractivity contribution is 4.96. The quantitative estimate of drug-likeness (QED) is 0.676. The maximum Gasteiger partial charge on any atom is 0.0229 e. The van der Waals surface area contributed by atoms with Crippen molar-refractivity contribution < 1.29 is 0 Å². The van der Waals surface area contributed by atoms with Crippen molar-refractivity contribution in [3.05, 3.63) is 0 Å². The molecule has 0 saturated carbocycles. The molecular formula is C14H28N2. The largest absolute Gasteiger partial charge is 0.296 e. The Balaban J connectivity index is 2.15. The lowest BCUT2D eigenvalue weighted by Crippen LogP contribution is -2.54. The summed E-state index contributed by atoms with van der Waals surface area (Å²) in [6.07, 6.45) is 4.19. The molecule has 2 bridgehead atoms. The van der Waals surface area contributed by atoms with E-state index in [0.29, 0.717) is 11.6 Å². The first-order valence-electron chi connectivity index (χ1n) is 6.92. The Morgan fingerprint density at radius 1 is 1.00 bits per heavy atom. The van der Waals surface area contributed by atoms with Gasteiger partial charge >= 0.3 is 0 Å². The van der Waals surface area contributed by atoms with Crippen LogP contribution in [0.25, 0.3) is 0 Å². The zero-order valence-electron chi connectivity index (χ0n) is 11.7. The number of hydrogen-bond donors (Lipinski definition) is 0. The molecule has 3 aliphatic rings. The summed E-state index contributed by atoms with van der Waals surface area (Å²) in [5, 5.41) is 0. The van der Waals surface area contributed by atoms with Crippen molar-refractivity contribution in [3.8, 4) is 0 Å². The standard InChI is InChI=1S/C14H28N2/c1-11(2)15-10-13-7-6-12(15)8-9-16(13)14(3,4)5/h11-13H,6-10H2,1-5H3. The Morgan fingerprint density at radius 3 is 2.19 bits per heavy atom. The van der Waals surface area contributed by atoms with Crippen molar-refractivity contribution in [1.82, 2.24) is 9.80 Å². The molecule has 0 aromatic rings. The van der Waals surface area contributed by atoms with Crippen LogP contribution in [0, 0.1) is 0 Å². The fraction of sp³-hybridized carbons (Fsp3) is 1.00. The molecule has 3 heterocycles. The van der Waals surface area contributed by atoms with Gasteiger partial charge in [0, 0.05) is 36.8 Å². The highest BCUT2D eigenvalue weighted by Gasteiger charge is 2.39. The van der Waals surface area contributed by atoms with E-state index >= 15 is 0 Å². The first kappa shape index (κ1) is 12.4. The first-order valence-corrected chi connectivity index (χ1v) is 6.92.